The molecule has 0 aliphatic heterocycles. The SMILES string of the molecule is N#Cc1ccccc1-c1ccc(-c2cccc(-c3ccc(-c4ccccc4)nn3)c2)c(-c2cccc(-c3nc(-c4ccccc4)nc(-c4ccccc4)n3)c2)c1. The second kappa shape index (κ2) is 15.2. The molecular weight excluding hydrogens is 685 g/mol. The van der Waals surface area contributed by atoms with Crippen molar-refractivity contribution in [2.75, 3.05) is 0 Å². The summed E-state index contributed by atoms with van der Waals surface area (Å²) in [6.45, 7) is 0. The molecule has 9 rings (SSSR count). The summed E-state index contributed by atoms with van der Waals surface area (Å²) in [7, 11) is 0. The molecule has 6 nitrogen and oxygen atoms in total. The average Bonchev–Trinajstić information content (AvgIpc) is 3.29. The largest absolute Gasteiger partial charge is 0.208 e. The number of hydrogen-bond donors (Lipinski definition) is 0. The maximum Gasteiger partial charge on any atom is 0.164 e. The Morgan fingerprint density at radius 3 is 1.36 bits per heavy atom. The van der Waals surface area contributed by atoms with E-state index in [-0.39, 0.29) is 0 Å². The van der Waals surface area contributed by atoms with Crippen molar-refractivity contribution >= 4 is 0 Å². The molecule has 0 fully saturated rings. The van der Waals surface area contributed by atoms with Crippen LogP contribution in [0.15, 0.2) is 194 Å². The van der Waals surface area contributed by atoms with Gasteiger partial charge in [-0.15, -0.1) is 10.2 Å². The van der Waals surface area contributed by atoms with Crippen LogP contribution in [0.2, 0.25) is 0 Å². The zero-order valence-corrected chi connectivity index (χ0v) is 30.2. The molecule has 2 heterocycles. The third-order valence-corrected chi connectivity index (χ3v) is 9.71. The summed E-state index contributed by atoms with van der Waals surface area (Å²) in [5, 5.41) is 19.2. The van der Waals surface area contributed by atoms with Gasteiger partial charge in [0, 0.05) is 27.8 Å². The first kappa shape index (κ1) is 33.9. The Kier molecular flexibility index (Phi) is 9.23. The molecule has 0 aliphatic carbocycles. The molecule has 0 spiro atoms. The Bertz CT molecular complexity index is 2790. The van der Waals surface area contributed by atoms with Crippen LogP contribution in [0, 0.1) is 11.3 Å². The minimum absolute atomic E-state index is 0.576. The van der Waals surface area contributed by atoms with Gasteiger partial charge in [-0.1, -0.05) is 158 Å². The zero-order valence-electron chi connectivity index (χ0n) is 30.2. The van der Waals surface area contributed by atoms with E-state index >= 15 is 0 Å². The van der Waals surface area contributed by atoms with Crippen LogP contribution < -0.4 is 0 Å². The highest BCUT2D eigenvalue weighted by molar-refractivity contribution is 5.90. The molecule has 56 heavy (non-hydrogen) atoms. The number of benzene rings is 7. The first-order valence-electron chi connectivity index (χ1n) is 18.3. The molecular formula is C50H32N6. The summed E-state index contributed by atoms with van der Waals surface area (Å²) in [4.78, 5) is 14.9. The van der Waals surface area contributed by atoms with Crippen LogP contribution in [0.4, 0.5) is 0 Å². The van der Waals surface area contributed by atoms with Crippen LogP contribution in [0.3, 0.4) is 0 Å². The minimum Gasteiger partial charge on any atom is -0.208 e. The van der Waals surface area contributed by atoms with Gasteiger partial charge in [-0.05, 0) is 69.8 Å². The van der Waals surface area contributed by atoms with Crippen molar-refractivity contribution in [1.29, 1.82) is 5.26 Å². The molecule has 0 amide bonds. The van der Waals surface area contributed by atoms with Crippen molar-refractivity contribution in [3.8, 4) is 96.1 Å². The zero-order chi connectivity index (χ0) is 37.7. The topological polar surface area (TPSA) is 88.2 Å². The standard InChI is InChI=1S/C50H32N6/c51-33-42-20-10-11-25-43(42)39-26-27-44(37-21-12-23-40(30-37)47-29-28-46(55-56-47)34-14-4-1-5-15-34)45(32-39)38-22-13-24-41(31-38)50-53-48(35-16-6-2-7-17-35)52-49(54-50)36-18-8-3-9-19-36/h1-32H. The monoisotopic (exact) mass is 716 g/mol. The number of nitrogens with zero attached hydrogens (tertiary/aromatic N) is 6. The highest BCUT2D eigenvalue weighted by atomic mass is 15.1. The molecule has 7 aromatic carbocycles. The van der Waals surface area contributed by atoms with E-state index in [1.165, 1.54) is 0 Å². The van der Waals surface area contributed by atoms with E-state index in [1.807, 2.05) is 140 Å². The highest BCUT2D eigenvalue weighted by Gasteiger charge is 2.16. The lowest BCUT2D eigenvalue weighted by Crippen LogP contribution is -2.00. The molecule has 0 radical (unpaired) electrons. The van der Waals surface area contributed by atoms with Crippen molar-refractivity contribution in [3.63, 3.8) is 0 Å². The number of rotatable bonds is 8. The number of aromatic nitrogens is 5. The fraction of sp³-hybridized carbons (Fsp3) is 0. The molecule has 0 N–H and O–H groups in total. The molecule has 0 bridgehead atoms. The van der Waals surface area contributed by atoms with Gasteiger partial charge in [-0.2, -0.15) is 5.26 Å². The van der Waals surface area contributed by atoms with Crippen LogP contribution >= 0.6 is 0 Å². The molecule has 0 aliphatic rings. The first-order chi connectivity index (χ1) is 27.7. The quantitative estimate of drug-likeness (QED) is 0.156. The van der Waals surface area contributed by atoms with Gasteiger partial charge >= 0.3 is 0 Å². The van der Waals surface area contributed by atoms with E-state index in [9.17, 15) is 5.26 Å². The average molecular weight is 717 g/mol. The highest BCUT2D eigenvalue weighted by Crippen LogP contribution is 2.39. The van der Waals surface area contributed by atoms with Crippen LogP contribution in [-0.2, 0) is 0 Å². The van der Waals surface area contributed by atoms with Crippen LogP contribution in [-0.4, -0.2) is 25.1 Å². The third-order valence-electron chi connectivity index (χ3n) is 9.71. The van der Waals surface area contributed by atoms with Gasteiger partial charge in [0.1, 0.15) is 0 Å². The molecule has 0 saturated heterocycles. The molecule has 0 atom stereocenters. The summed E-state index contributed by atoms with van der Waals surface area (Å²) in [5.74, 6) is 1.78. The predicted octanol–water partition coefficient (Wildman–Crippen LogP) is 11.9. The fourth-order valence-corrected chi connectivity index (χ4v) is 6.89. The fourth-order valence-electron chi connectivity index (χ4n) is 6.89. The Labute approximate surface area is 325 Å². The van der Waals surface area contributed by atoms with Gasteiger partial charge in [0.2, 0.25) is 0 Å². The molecule has 0 saturated carbocycles. The third kappa shape index (κ3) is 6.96. The van der Waals surface area contributed by atoms with Crippen LogP contribution in [0.25, 0.3) is 90.1 Å². The predicted molar refractivity (Wildman–Crippen MR) is 224 cm³/mol. The van der Waals surface area contributed by atoms with Crippen molar-refractivity contribution in [3.05, 3.63) is 200 Å². The van der Waals surface area contributed by atoms with Gasteiger partial charge < -0.3 is 0 Å². The van der Waals surface area contributed by atoms with E-state index < -0.39 is 0 Å². The first-order valence-corrected chi connectivity index (χ1v) is 18.3. The summed E-state index contributed by atoms with van der Waals surface area (Å²) in [6, 6.07) is 67.2. The number of hydrogen-bond acceptors (Lipinski definition) is 6. The van der Waals surface area contributed by atoms with Gasteiger partial charge in [0.15, 0.2) is 17.5 Å². The lowest BCUT2D eigenvalue weighted by atomic mass is 9.89. The lowest BCUT2D eigenvalue weighted by molar-refractivity contribution is 1.04. The second-order valence-corrected chi connectivity index (χ2v) is 13.3. The Hall–Kier alpha value is -7.88. The summed E-state index contributed by atoms with van der Waals surface area (Å²) >= 11 is 0. The van der Waals surface area contributed by atoms with Crippen LogP contribution in [0.1, 0.15) is 5.56 Å². The maximum atomic E-state index is 10.0. The number of nitriles is 1. The Morgan fingerprint density at radius 2 is 0.750 bits per heavy atom. The van der Waals surface area contributed by atoms with Gasteiger partial charge in [0.25, 0.3) is 0 Å². The summed E-state index contributed by atoms with van der Waals surface area (Å²) in [6.07, 6.45) is 0. The van der Waals surface area contributed by atoms with E-state index in [1.54, 1.807) is 0 Å². The maximum absolute atomic E-state index is 10.0. The Morgan fingerprint density at radius 1 is 0.304 bits per heavy atom. The summed E-state index contributed by atoms with van der Waals surface area (Å²) in [5.41, 5.74) is 12.7. The van der Waals surface area contributed by atoms with Crippen molar-refractivity contribution in [2.24, 2.45) is 0 Å². The van der Waals surface area contributed by atoms with E-state index in [2.05, 4.69) is 70.9 Å². The van der Waals surface area contributed by atoms with Crippen LogP contribution in [0.5, 0.6) is 0 Å². The molecule has 262 valence electrons. The van der Waals surface area contributed by atoms with Gasteiger partial charge in [-0.25, -0.2) is 15.0 Å². The van der Waals surface area contributed by atoms with E-state index in [0.29, 0.717) is 23.0 Å². The van der Waals surface area contributed by atoms with Gasteiger partial charge in [0.05, 0.1) is 23.0 Å². The normalized spacial score (nSPS) is 10.8. The Balaban J connectivity index is 1.17. The molecule has 0 unspecified atom stereocenters. The second-order valence-electron chi connectivity index (χ2n) is 13.3. The van der Waals surface area contributed by atoms with Crippen molar-refractivity contribution in [2.45, 2.75) is 0 Å². The summed E-state index contributed by atoms with van der Waals surface area (Å²) < 4.78 is 0. The molecule has 9 aromatic rings. The van der Waals surface area contributed by atoms with E-state index in [4.69, 9.17) is 15.0 Å². The van der Waals surface area contributed by atoms with Crippen molar-refractivity contribution < 1.29 is 0 Å². The minimum atomic E-state index is 0.576. The van der Waals surface area contributed by atoms with Crippen molar-refractivity contribution in [1.82, 2.24) is 25.1 Å². The lowest BCUT2D eigenvalue weighted by Gasteiger charge is -2.15. The molecule has 6 heteroatoms. The molecule has 2 aromatic heterocycles. The van der Waals surface area contributed by atoms with E-state index in [0.717, 1.165) is 72.6 Å². The smallest absolute Gasteiger partial charge is 0.164 e. The van der Waals surface area contributed by atoms with Gasteiger partial charge in [-0.3, -0.25) is 0 Å².